The largest absolute Gasteiger partial charge is 0.391 e. The maximum absolute atomic E-state index is 12.8. The van der Waals surface area contributed by atoms with Crippen LogP contribution in [0.5, 0.6) is 0 Å². The van der Waals surface area contributed by atoms with Crippen molar-refractivity contribution in [2.24, 2.45) is 11.8 Å². The van der Waals surface area contributed by atoms with E-state index in [1.54, 1.807) is 4.90 Å². The van der Waals surface area contributed by atoms with Crippen LogP contribution in [0.4, 0.5) is 13.2 Å². The third kappa shape index (κ3) is 5.15. The Bertz CT molecular complexity index is 309. The van der Waals surface area contributed by atoms with Crippen LogP contribution in [-0.2, 0) is 4.79 Å². The minimum Gasteiger partial charge on any atom is -0.341 e. The van der Waals surface area contributed by atoms with Gasteiger partial charge in [0, 0.05) is 24.9 Å². The summed E-state index contributed by atoms with van der Waals surface area (Å²) in [5.74, 6) is -1.64. The number of alkyl halides is 4. The van der Waals surface area contributed by atoms with E-state index < -0.39 is 18.0 Å². The molecule has 6 heteroatoms. The van der Waals surface area contributed by atoms with Crippen molar-refractivity contribution >= 4 is 17.5 Å². The lowest BCUT2D eigenvalue weighted by atomic mass is 9.80. The molecule has 0 aliphatic heterocycles. The number of hydrogen-bond donors (Lipinski definition) is 0. The number of halogens is 4. The van der Waals surface area contributed by atoms with Crippen LogP contribution < -0.4 is 0 Å². The number of unbranched alkanes of at least 4 members (excludes halogenated alkanes) is 1. The summed E-state index contributed by atoms with van der Waals surface area (Å²) in [4.78, 5) is 14.0. The predicted octanol–water partition coefficient (Wildman–Crippen LogP) is 4.22. The molecule has 1 aliphatic rings. The Morgan fingerprint density at radius 1 is 1.30 bits per heavy atom. The van der Waals surface area contributed by atoms with E-state index in [1.807, 2.05) is 6.92 Å². The summed E-state index contributed by atoms with van der Waals surface area (Å²) in [5.41, 5.74) is 0. The molecular weight excluding hydrogens is 291 g/mol. The van der Waals surface area contributed by atoms with Crippen LogP contribution in [-0.4, -0.2) is 36.0 Å². The molecule has 118 valence electrons. The van der Waals surface area contributed by atoms with Crippen molar-refractivity contribution in [3.05, 3.63) is 0 Å². The van der Waals surface area contributed by atoms with Gasteiger partial charge in [0.05, 0.1) is 5.92 Å². The monoisotopic (exact) mass is 313 g/mol. The molecule has 1 amide bonds. The van der Waals surface area contributed by atoms with Gasteiger partial charge >= 0.3 is 6.18 Å². The molecule has 1 fully saturated rings. The summed E-state index contributed by atoms with van der Waals surface area (Å²) in [7, 11) is 0. The number of nitrogens with zero attached hydrogens (tertiary/aromatic N) is 1. The molecule has 0 saturated heterocycles. The van der Waals surface area contributed by atoms with Gasteiger partial charge in [-0.2, -0.15) is 13.2 Å². The molecule has 0 radical (unpaired) electrons. The summed E-state index contributed by atoms with van der Waals surface area (Å²) < 4.78 is 38.4. The number of rotatable bonds is 6. The van der Waals surface area contributed by atoms with Crippen molar-refractivity contribution in [3.63, 3.8) is 0 Å². The fourth-order valence-corrected chi connectivity index (χ4v) is 2.96. The van der Waals surface area contributed by atoms with Crippen molar-refractivity contribution in [2.45, 2.75) is 51.6 Å². The van der Waals surface area contributed by atoms with Crippen LogP contribution in [0.3, 0.4) is 0 Å². The summed E-state index contributed by atoms with van der Waals surface area (Å²) >= 11 is 5.69. The molecular formula is C14H23ClF3NO. The van der Waals surface area contributed by atoms with Crippen LogP contribution in [0.15, 0.2) is 0 Å². The van der Waals surface area contributed by atoms with Crippen LogP contribution in [0.2, 0.25) is 0 Å². The zero-order valence-corrected chi connectivity index (χ0v) is 12.6. The van der Waals surface area contributed by atoms with Gasteiger partial charge in [-0.3, -0.25) is 4.79 Å². The Morgan fingerprint density at radius 3 is 2.55 bits per heavy atom. The Morgan fingerprint density at radius 2 is 2.00 bits per heavy atom. The summed E-state index contributed by atoms with van der Waals surface area (Å²) in [6.07, 6.45) is -1.25. The minimum absolute atomic E-state index is 0.0623. The average molecular weight is 314 g/mol. The number of hydrogen-bond acceptors (Lipinski definition) is 1. The highest BCUT2D eigenvalue weighted by atomic mass is 35.5. The standard InChI is InChI=1S/C14H23ClF3NO/c1-2-3-8-19(9-7-15)13(20)11-5-4-6-12(10-11)14(16,17)18/h11-12H,2-10H2,1H3. The first-order valence-electron chi connectivity index (χ1n) is 7.31. The smallest absolute Gasteiger partial charge is 0.341 e. The molecule has 1 aliphatic carbocycles. The van der Waals surface area contributed by atoms with Gasteiger partial charge in [-0.05, 0) is 25.7 Å². The molecule has 2 atom stereocenters. The Labute approximate surface area is 123 Å². The highest BCUT2D eigenvalue weighted by molar-refractivity contribution is 6.18. The number of carbonyl (C=O) groups excluding carboxylic acids is 1. The molecule has 0 aromatic rings. The lowest BCUT2D eigenvalue weighted by molar-refractivity contribution is -0.187. The van der Waals surface area contributed by atoms with Crippen LogP contribution in [0, 0.1) is 11.8 Å². The lowest BCUT2D eigenvalue weighted by Crippen LogP contribution is -2.41. The molecule has 2 nitrogen and oxygen atoms in total. The Balaban J connectivity index is 2.63. The Hall–Kier alpha value is -0.450. The maximum atomic E-state index is 12.8. The fourth-order valence-electron chi connectivity index (χ4n) is 2.75. The van der Waals surface area contributed by atoms with Crippen molar-refractivity contribution in [1.82, 2.24) is 4.90 Å². The van der Waals surface area contributed by atoms with E-state index in [-0.39, 0.29) is 18.7 Å². The molecule has 2 unspecified atom stereocenters. The highest BCUT2D eigenvalue weighted by Crippen LogP contribution is 2.40. The third-order valence-electron chi connectivity index (χ3n) is 3.93. The van der Waals surface area contributed by atoms with Gasteiger partial charge in [0.15, 0.2) is 0 Å². The molecule has 0 heterocycles. The van der Waals surface area contributed by atoms with Crippen LogP contribution in [0.25, 0.3) is 0 Å². The predicted molar refractivity (Wildman–Crippen MR) is 73.7 cm³/mol. The fraction of sp³-hybridized carbons (Fsp3) is 0.929. The zero-order valence-electron chi connectivity index (χ0n) is 11.9. The maximum Gasteiger partial charge on any atom is 0.391 e. The van der Waals surface area contributed by atoms with Crippen molar-refractivity contribution in [1.29, 1.82) is 0 Å². The molecule has 0 spiro atoms. The second-order valence-electron chi connectivity index (χ2n) is 5.47. The number of amides is 1. The van der Waals surface area contributed by atoms with Crippen molar-refractivity contribution in [3.8, 4) is 0 Å². The molecule has 0 N–H and O–H groups in total. The van der Waals surface area contributed by atoms with E-state index in [9.17, 15) is 18.0 Å². The quantitative estimate of drug-likeness (QED) is 0.672. The number of carbonyl (C=O) groups is 1. The summed E-state index contributed by atoms with van der Waals surface area (Å²) in [6, 6.07) is 0. The first kappa shape index (κ1) is 17.6. The highest BCUT2D eigenvalue weighted by Gasteiger charge is 2.44. The van der Waals surface area contributed by atoms with Gasteiger partial charge in [-0.25, -0.2) is 0 Å². The van der Waals surface area contributed by atoms with E-state index in [1.165, 1.54) is 0 Å². The molecule has 1 saturated carbocycles. The molecule has 0 bridgehead atoms. The van der Waals surface area contributed by atoms with Gasteiger partial charge in [0.2, 0.25) is 5.91 Å². The SMILES string of the molecule is CCCCN(CCCl)C(=O)C1CCCC(C(F)(F)F)C1. The molecule has 0 aromatic heterocycles. The van der Waals surface area contributed by atoms with E-state index >= 15 is 0 Å². The molecule has 1 rings (SSSR count). The van der Waals surface area contributed by atoms with Crippen LogP contribution >= 0.6 is 11.6 Å². The normalized spacial score (nSPS) is 23.6. The lowest BCUT2D eigenvalue weighted by Gasteiger charge is -2.33. The minimum atomic E-state index is -4.18. The van der Waals surface area contributed by atoms with Gasteiger partial charge in [-0.15, -0.1) is 11.6 Å². The molecule has 0 aromatic carbocycles. The first-order chi connectivity index (χ1) is 9.40. The summed E-state index contributed by atoms with van der Waals surface area (Å²) in [6.45, 7) is 3.03. The summed E-state index contributed by atoms with van der Waals surface area (Å²) in [5, 5.41) is 0. The van der Waals surface area contributed by atoms with Crippen LogP contribution in [0.1, 0.15) is 45.4 Å². The van der Waals surface area contributed by atoms with Crippen molar-refractivity contribution in [2.75, 3.05) is 19.0 Å². The average Bonchev–Trinajstić information content (AvgIpc) is 2.42. The van der Waals surface area contributed by atoms with Crippen molar-refractivity contribution < 1.29 is 18.0 Å². The van der Waals surface area contributed by atoms with Gasteiger partial charge in [0.25, 0.3) is 0 Å². The molecule has 20 heavy (non-hydrogen) atoms. The second-order valence-corrected chi connectivity index (χ2v) is 5.85. The van der Waals surface area contributed by atoms with E-state index in [2.05, 4.69) is 0 Å². The second kappa shape index (κ2) is 8.11. The van der Waals surface area contributed by atoms with Gasteiger partial charge in [0.1, 0.15) is 0 Å². The van der Waals surface area contributed by atoms with E-state index in [0.717, 1.165) is 12.8 Å². The Kier molecular flexibility index (Phi) is 7.13. The van der Waals surface area contributed by atoms with Gasteiger partial charge in [-0.1, -0.05) is 19.8 Å². The first-order valence-corrected chi connectivity index (χ1v) is 7.85. The van der Waals surface area contributed by atoms with E-state index in [4.69, 9.17) is 11.6 Å². The topological polar surface area (TPSA) is 20.3 Å². The third-order valence-corrected chi connectivity index (χ3v) is 4.10. The van der Waals surface area contributed by atoms with E-state index in [0.29, 0.717) is 31.8 Å². The van der Waals surface area contributed by atoms with Gasteiger partial charge < -0.3 is 4.90 Å². The zero-order chi connectivity index (χ0) is 15.2.